The molecule has 1 aliphatic rings. The molecular weight excluding hydrogens is 363 g/mol. The van der Waals surface area contributed by atoms with E-state index in [2.05, 4.69) is 9.73 Å². The normalized spacial score (nSPS) is 17.5. The predicted octanol–water partition coefficient (Wildman–Crippen LogP) is 3.71. The molecule has 128 valence electrons. The van der Waals surface area contributed by atoms with Crippen molar-refractivity contribution in [1.29, 1.82) is 0 Å². The second-order valence-electron chi connectivity index (χ2n) is 4.98. The number of hydrogen-bond acceptors (Lipinski definition) is 6. The summed E-state index contributed by atoms with van der Waals surface area (Å²) in [6.45, 7) is 0.349. The molecule has 1 saturated heterocycles. The van der Waals surface area contributed by atoms with Crippen LogP contribution in [-0.4, -0.2) is 29.1 Å². The number of aliphatic imine (C=N–C) groups is 1. The summed E-state index contributed by atoms with van der Waals surface area (Å²) >= 11 is 2.61. The summed E-state index contributed by atoms with van der Waals surface area (Å²) in [5, 5.41) is 2.35. The Morgan fingerprint density at radius 2 is 2.08 bits per heavy atom. The zero-order valence-electron chi connectivity index (χ0n) is 13.1. The number of ether oxygens (including phenoxy) is 1. The van der Waals surface area contributed by atoms with Crippen molar-refractivity contribution in [3.8, 4) is 0 Å². The number of benzene rings is 1. The van der Waals surface area contributed by atoms with E-state index < -0.39 is 5.97 Å². The van der Waals surface area contributed by atoms with Gasteiger partial charge in [-0.3, -0.25) is 9.69 Å². The highest BCUT2D eigenvalue weighted by atomic mass is 32.2. The van der Waals surface area contributed by atoms with Crippen molar-refractivity contribution in [2.24, 2.45) is 4.99 Å². The third kappa shape index (κ3) is 4.15. The molecule has 3 rings (SSSR count). The highest BCUT2D eigenvalue weighted by Crippen LogP contribution is 2.34. The molecular formula is C17H13FN2O3S2. The van der Waals surface area contributed by atoms with Crippen LogP contribution < -0.4 is 0 Å². The number of thioether (sulfide) groups is 1. The van der Waals surface area contributed by atoms with Crippen LogP contribution in [0.25, 0.3) is 0 Å². The van der Waals surface area contributed by atoms with Crippen LogP contribution in [0.1, 0.15) is 4.88 Å². The molecule has 8 heteroatoms. The van der Waals surface area contributed by atoms with Gasteiger partial charge in [-0.25, -0.2) is 14.2 Å². The topological polar surface area (TPSA) is 59.0 Å². The number of rotatable bonds is 4. The van der Waals surface area contributed by atoms with Gasteiger partial charge in [-0.05, 0) is 47.5 Å². The SMILES string of the molecule is COC(=O)C=C1SC(=Nc2ccc(F)cc2)N(Cc2cccs2)C1=O. The Hall–Kier alpha value is -2.45. The number of esters is 1. The number of halogens is 1. The monoisotopic (exact) mass is 376 g/mol. The summed E-state index contributed by atoms with van der Waals surface area (Å²) in [5.41, 5.74) is 0.521. The van der Waals surface area contributed by atoms with E-state index in [1.54, 1.807) is 0 Å². The lowest BCUT2D eigenvalue weighted by molar-refractivity contribution is -0.135. The van der Waals surface area contributed by atoms with Gasteiger partial charge in [0.2, 0.25) is 0 Å². The van der Waals surface area contributed by atoms with Crippen molar-refractivity contribution < 1.29 is 18.7 Å². The number of nitrogens with zero attached hydrogens (tertiary/aromatic N) is 2. The molecule has 0 spiro atoms. The van der Waals surface area contributed by atoms with E-state index >= 15 is 0 Å². The molecule has 5 nitrogen and oxygen atoms in total. The van der Waals surface area contributed by atoms with Crippen LogP contribution in [0.5, 0.6) is 0 Å². The van der Waals surface area contributed by atoms with Crippen LogP contribution in [0.2, 0.25) is 0 Å². The first-order chi connectivity index (χ1) is 12.1. The smallest absolute Gasteiger partial charge is 0.331 e. The van der Waals surface area contributed by atoms with Gasteiger partial charge >= 0.3 is 5.97 Å². The summed E-state index contributed by atoms with van der Waals surface area (Å²) in [6.07, 6.45) is 1.15. The molecule has 1 aliphatic heterocycles. The fraction of sp³-hybridized carbons (Fsp3) is 0.118. The van der Waals surface area contributed by atoms with Gasteiger partial charge in [0.25, 0.3) is 5.91 Å². The molecule has 25 heavy (non-hydrogen) atoms. The lowest BCUT2D eigenvalue weighted by atomic mass is 10.3. The van der Waals surface area contributed by atoms with Crippen LogP contribution in [0, 0.1) is 5.82 Å². The Kier molecular flexibility index (Phi) is 5.30. The fourth-order valence-corrected chi connectivity index (χ4v) is 3.73. The maximum atomic E-state index is 13.1. The van der Waals surface area contributed by atoms with Crippen LogP contribution in [0.3, 0.4) is 0 Å². The molecule has 1 amide bonds. The Balaban J connectivity index is 1.94. The van der Waals surface area contributed by atoms with E-state index in [-0.39, 0.29) is 16.6 Å². The van der Waals surface area contributed by atoms with Gasteiger partial charge in [-0.15, -0.1) is 11.3 Å². The molecule has 2 heterocycles. The number of methoxy groups -OCH3 is 1. The average molecular weight is 376 g/mol. The first-order valence-corrected chi connectivity index (χ1v) is 8.92. The maximum absolute atomic E-state index is 13.1. The van der Waals surface area contributed by atoms with Gasteiger partial charge in [-0.2, -0.15) is 0 Å². The van der Waals surface area contributed by atoms with Gasteiger partial charge < -0.3 is 4.74 Å². The van der Waals surface area contributed by atoms with Crippen molar-refractivity contribution in [2.75, 3.05) is 7.11 Å². The molecule has 1 aromatic carbocycles. The largest absolute Gasteiger partial charge is 0.466 e. The summed E-state index contributed by atoms with van der Waals surface area (Å²) in [7, 11) is 1.25. The minimum atomic E-state index is -0.602. The highest BCUT2D eigenvalue weighted by molar-refractivity contribution is 8.18. The second-order valence-corrected chi connectivity index (χ2v) is 7.02. The Bertz CT molecular complexity index is 845. The minimum Gasteiger partial charge on any atom is -0.466 e. The van der Waals surface area contributed by atoms with E-state index in [0.29, 0.717) is 17.4 Å². The Morgan fingerprint density at radius 3 is 2.72 bits per heavy atom. The van der Waals surface area contributed by atoms with Crippen LogP contribution in [0.4, 0.5) is 10.1 Å². The van der Waals surface area contributed by atoms with Crippen LogP contribution >= 0.6 is 23.1 Å². The first-order valence-electron chi connectivity index (χ1n) is 7.23. The summed E-state index contributed by atoms with van der Waals surface area (Å²) in [6, 6.07) is 9.47. The molecule has 2 aromatic rings. The van der Waals surface area contributed by atoms with Gasteiger partial charge in [0.15, 0.2) is 5.17 Å². The van der Waals surface area contributed by atoms with Crippen molar-refractivity contribution >= 4 is 45.8 Å². The minimum absolute atomic E-state index is 0.240. The second kappa shape index (κ2) is 7.62. The fourth-order valence-electron chi connectivity index (χ4n) is 2.08. The molecule has 0 aliphatic carbocycles. The van der Waals surface area contributed by atoms with Crippen LogP contribution in [-0.2, 0) is 20.9 Å². The molecule has 1 fully saturated rings. The average Bonchev–Trinajstić information content (AvgIpc) is 3.21. The summed E-state index contributed by atoms with van der Waals surface area (Å²) in [4.78, 5) is 31.3. The third-order valence-corrected chi connectivity index (χ3v) is 5.15. The number of hydrogen-bond donors (Lipinski definition) is 0. The summed E-state index contributed by atoms with van der Waals surface area (Å²) in [5.74, 6) is -1.28. The zero-order chi connectivity index (χ0) is 17.8. The number of amidine groups is 1. The molecule has 0 atom stereocenters. The Morgan fingerprint density at radius 1 is 1.32 bits per heavy atom. The molecule has 0 saturated carbocycles. The standard InChI is InChI=1S/C17H13FN2O3S2/c1-23-15(21)9-14-16(22)20(10-13-3-2-8-24-13)17(25-14)19-12-6-4-11(18)5-7-12/h2-9H,10H2,1H3. The lowest BCUT2D eigenvalue weighted by Gasteiger charge is -2.14. The lowest BCUT2D eigenvalue weighted by Crippen LogP contribution is -2.28. The highest BCUT2D eigenvalue weighted by Gasteiger charge is 2.34. The maximum Gasteiger partial charge on any atom is 0.331 e. The van der Waals surface area contributed by atoms with E-state index in [9.17, 15) is 14.0 Å². The predicted molar refractivity (Wildman–Crippen MR) is 96.1 cm³/mol. The zero-order valence-corrected chi connectivity index (χ0v) is 14.8. The van der Waals surface area contributed by atoms with Gasteiger partial charge in [0.1, 0.15) is 5.82 Å². The number of amides is 1. The molecule has 0 unspecified atom stereocenters. The van der Waals surface area contributed by atoms with Crippen LogP contribution in [0.15, 0.2) is 57.8 Å². The quantitative estimate of drug-likeness (QED) is 0.603. The number of carbonyl (C=O) groups excluding carboxylic acids is 2. The van der Waals surface area contributed by atoms with Crippen molar-refractivity contribution in [2.45, 2.75) is 6.54 Å². The Labute approximate surface area is 151 Å². The van der Waals surface area contributed by atoms with Crippen molar-refractivity contribution in [3.05, 3.63) is 63.5 Å². The molecule has 0 bridgehead atoms. The van der Waals surface area contributed by atoms with E-state index in [1.165, 1.54) is 47.6 Å². The third-order valence-electron chi connectivity index (χ3n) is 3.28. The first kappa shape index (κ1) is 17.4. The van der Waals surface area contributed by atoms with Crippen molar-refractivity contribution in [3.63, 3.8) is 0 Å². The van der Waals surface area contributed by atoms with Crippen molar-refractivity contribution in [1.82, 2.24) is 4.90 Å². The van der Waals surface area contributed by atoms with E-state index in [1.807, 2.05) is 17.5 Å². The molecule has 0 radical (unpaired) electrons. The van der Waals surface area contributed by atoms with Gasteiger partial charge in [0.05, 0.1) is 24.2 Å². The number of thiophene rings is 1. The summed E-state index contributed by atoms with van der Waals surface area (Å²) < 4.78 is 17.6. The van der Waals surface area contributed by atoms with E-state index in [0.717, 1.165) is 22.7 Å². The van der Waals surface area contributed by atoms with Gasteiger partial charge in [-0.1, -0.05) is 6.07 Å². The van der Waals surface area contributed by atoms with Gasteiger partial charge in [0, 0.05) is 11.0 Å². The molecule has 0 N–H and O–H groups in total. The number of carbonyl (C=O) groups is 2. The van der Waals surface area contributed by atoms with E-state index in [4.69, 9.17) is 0 Å². The molecule has 1 aromatic heterocycles.